The Bertz CT molecular complexity index is 342. The van der Waals surface area contributed by atoms with Crippen molar-refractivity contribution >= 4 is 0 Å². The van der Waals surface area contributed by atoms with Gasteiger partial charge in [0.25, 0.3) is 0 Å². The van der Waals surface area contributed by atoms with Crippen LogP contribution in [0.25, 0.3) is 0 Å². The van der Waals surface area contributed by atoms with Crippen molar-refractivity contribution < 1.29 is 9.13 Å². The fourth-order valence-electron chi connectivity index (χ4n) is 1.30. The van der Waals surface area contributed by atoms with Gasteiger partial charge in [-0.15, -0.1) is 0 Å². The molecule has 2 N–H and O–H groups in total. The topological polar surface area (TPSA) is 35.2 Å². The van der Waals surface area contributed by atoms with Crippen LogP contribution in [0, 0.1) is 5.82 Å². The molecule has 0 aliphatic heterocycles. The summed E-state index contributed by atoms with van der Waals surface area (Å²) < 4.78 is 19.1. The Morgan fingerprint density at radius 3 is 2.40 bits per heavy atom. The van der Waals surface area contributed by atoms with Crippen molar-refractivity contribution in [3.8, 4) is 5.75 Å². The summed E-state index contributed by atoms with van der Waals surface area (Å²) in [4.78, 5) is 0. The summed E-state index contributed by atoms with van der Waals surface area (Å²) in [5, 5.41) is 0. The first-order valence-electron chi connectivity index (χ1n) is 5.04. The minimum atomic E-state index is -0.425. The maximum absolute atomic E-state index is 13.6. The smallest absolute Gasteiger partial charge is 0.165 e. The van der Waals surface area contributed by atoms with Gasteiger partial charge in [0.1, 0.15) is 5.60 Å². The highest BCUT2D eigenvalue weighted by Gasteiger charge is 2.19. The van der Waals surface area contributed by atoms with Crippen molar-refractivity contribution in [3.05, 3.63) is 29.6 Å². The van der Waals surface area contributed by atoms with E-state index in [1.54, 1.807) is 12.1 Å². The molecule has 1 aromatic carbocycles. The van der Waals surface area contributed by atoms with Gasteiger partial charge in [0, 0.05) is 11.6 Å². The van der Waals surface area contributed by atoms with Crippen molar-refractivity contribution in [2.24, 2.45) is 5.73 Å². The van der Waals surface area contributed by atoms with Gasteiger partial charge >= 0.3 is 0 Å². The first-order chi connectivity index (χ1) is 6.81. The summed E-state index contributed by atoms with van der Waals surface area (Å²) in [7, 11) is 0. The van der Waals surface area contributed by atoms with Gasteiger partial charge in [0.2, 0.25) is 0 Å². The van der Waals surface area contributed by atoms with E-state index in [2.05, 4.69) is 0 Å². The number of hydrogen-bond donors (Lipinski definition) is 1. The Morgan fingerprint density at radius 1 is 1.33 bits per heavy atom. The summed E-state index contributed by atoms with van der Waals surface area (Å²) in [5.74, 6) is -0.0975. The third kappa shape index (κ3) is 3.20. The van der Waals surface area contributed by atoms with Crippen molar-refractivity contribution in [1.29, 1.82) is 0 Å². The molecule has 0 saturated heterocycles. The molecule has 0 amide bonds. The zero-order valence-corrected chi connectivity index (χ0v) is 9.67. The molecule has 2 nitrogen and oxygen atoms in total. The molecule has 3 heteroatoms. The number of benzene rings is 1. The van der Waals surface area contributed by atoms with Crippen LogP contribution >= 0.6 is 0 Å². The molecule has 1 rings (SSSR count). The van der Waals surface area contributed by atoms with E-state index in [-0.39, 0.29) is 17.6 Å². The standard InChI is InChI=1S/C12H18FNO/c1-8(14)9-6-5-7-10(13)11(9)15-12(2,3)4/h5-8H,14H2,1-4H3. The molecule has 0 saturated carbocycles. The van der Waals surface area contributed by atoms with Crippen molar-refractivity contribution in [2.45, 2.75) is 39.3 Å². The van der Waals surface area contributed by atoms with Gasteiger partial charge in [-0.25, -0.2) is 4.39 Å². The van der Waals surface area contributed by atoms with Gasteiger partial charge < -0.3 is 10.5 Å². The van der Waals surface area contributed by atoms with E-state index >= 15 is 0 Å². The molecule has 0 aliphatic carbocycles. The summed E-state index contributed by atoms with van der Waals surface area (Å²) in [6.07, 6.45) is 0. The van der Waals surface area contributed by atoms with Gasteiger partial charge in [0.15, 0.2) is 11.6 Å². The van der Waals surface area contributed by atoms with Crippen molar-refractivity contribution in [1.82, 2.24) is 0 Å². The van der Waals surface area contributed by atoms with Gasteiger partial charge in [-0.2, -0.15) is 0 Å². The Morgan fingerprint density at radius 2 is 1.93 bits per heavy atom. The second-order valence-corrected chi connectivity index (χ2v) is 4.66. The van der Waals surface area contributed by atoms with Crippen LogP contribution in [0.2, 0.25) is 0 Å². The van der Waals surface area contributed by atoms with Gasteiger partial charge in [-0.1, -0.05) is 12.1 Å². The third-order valence-corrected chi connectivity index (χ3v) is 1.90. The van der Waals surface area contributed by atoms with E-state index in [9.17, 15) is 4.39 Å². The summed E-state index contributed by atoms with van der Waals surface area (Å²) in [5.41, 5.74) is 6.03. The Balaban J connectivity index is 3.14. The number of para-hydroxylation sites is 1. The van der Waals surface area contributed by atoms with E-state index in [1.807, 2.05) is 27.7 Å². The van der Waals surface area contributed by atoms with Crippen LogP contribution in [0.15, 0.2) is 18.2 Å². The molecule has 0 heterocycles. The van der Waals surface area contributed by atoms with E-state index in [0.29, 0.717) is 5.56 Å². The molecule has 1 unspecified atom stereocenters. The largest absolute Gasteiger partial charge is 0.485 e. The number of hydrogen-bond acceptors (Lipinski definition) is 2. The SMILES string of the molecule is CC(N)c1cccc(F)c1OC(C)(C)C. The van der Waals surface area contributed by atoms with Crippen LogP contribution in [0.5, 0.6) is 5.75 Å². The summed E-state index contributed by atoms with van der Waals surface area (Å²) in [6, 6.07) is 4.57. The first kappa shape index (κ1) is 12.0. The van der Waals surface area contributed by atoms with E-state index in [0.717, 1.165) is 0 Å². The molecular formula is C12H18FNO. The number of halogens is 1. The minimum Gasteiger partial charge on any atom is -0.485 e. The number of rotatable bonds is 2. The van der Waals surface area contributed by atoms with Crippen LogP contribution < -0.4 is 10.5 Å². The highest BCUT2D eigenvalue weighted by Crippen LogP contribution is 2.29. The summed E-state index contributed by atoms with van der Waals surface area (Å²) in [6.45, 7) is 7.45. The average Bonchev–Trinajstić information content (AvgIpc) is 2.05. The zero-order valence-electron chi connectivity index (χ0n) is 9.67. The fraction of sp³-hybridized carbons (Fsp3) is 0.500. The highest BCUT2D eigenvalue weighted by molar-refractivity contribution is 5.37. The van der Waals surface area contributed by atoms with Crippen molar-refractivity contribution in [3.63, 3.8) is 0 Å². The van der Waals surface area contributed by atoms with E-state index in [4.69, 9.17) is 10.5 Å². The molecule has 84 valence electrons. The molecule has 1 aromatic rings. The number of ether oxygens (including phenoxy) is 1. The number of nitrogens with two attached hydrogens (primary N) is 1. The van der Waals surface area contributed by atoms with Crippen LogP contribution in [-0.2, 0) is 0 Å². The van der Waals surface area contributed by atoms with Crippen LogP contribution in [0.3, 0.4) is 0 Å². The third-order valence-electron chi connectivity index (χ3n) is 1.90. The van der Waals surface area contributed by atoms with E-state index < -0.39 is 5.60 Å². The second kappa shape index (κ2) is 4.19. The quantitative estimate of drug-likeness (QED) is 0.816. The normalized spacial score (nSPS) is 13.7. The maximum Gasteiger partial charge on any atom is 0.165 e. The van der Waals surface area contributed by atoms with Crippen LogP contribution in [-0.4, -0.2) is 5.60 Å². The molecule has 0 fully saturated rings. The van der Waals surface area contributed by atoms with Gasteiger partial charge in [0.05, 0.1) is 0 Å². The molecule has 0 aromatic heterocycles. The molecule has 0 spiro atoms. The highest BCUT2D eigenvalue weighted by atomic mass is 19.1. The van der Waals surface area contributed by atoms with Crippen molar-refractivity contribution in [2.75, 3.05) is 0 Å². The fourth-order valence-corrected chi connectivity index (χ4v) is 1.30. The maximum atomic E-state index is 13.6. The lowest BCUT2D eigenvalue weighted by Crippen LogP contribution is -2.25. The van der Waals surface area contributed by atoms with Crippen LogP contribution in [0.1, 0.15) is 39.3 Å². The second-order valence-electron chi connectivity index (χ2n) is 4.66. The predicted molar refractivity (Wildman–Crippen MR) is 59.4 cm³/mol. The lowest BCUT2D eigenvalue weighted by Gasteiger charge is -2.24. The predicted octanol–water partition coefficient (Wildman–Crippen LogP) is 3.02. The first-order valence-corrected chi connectivity index (χ1v) is 5.04. The lowest BCUT2D eigenvalue weighted by molar-refractivity contribution is 0.122. The zero-order chi connectivity index (χ0) is 11.6. The Hall–Kier alpha value is -1.09. The molecule has 0 bridgehead atoms. The molecule has 15 heavy (non-hydrogen) atoms. The average molecular weight is 211 g/mol. The van der Waals surface area contributed by atoms with Gasteiger partial charge in [-0.05, 0) is 33.8 Å². The Kier molecular flexibility index (Phi) is 3.35. The van der Waals surface area contributed by atoms with E-state index in [1.165, 1.54) is 6.07 Å². The minimum absolute atomic E-state index is 0.238. The molecule has 0 aliphatic rings. The lowest BCUT2D eigenvalue weighted by atomic mass is 10.1. The Labute approximate surface area is 90.2 Å². The molecular weight excluding hydrogens is 193 g/mol. The summed E-state index contributed by atoms with van der Waals surface area (Å²) >= 11 is 0. The van der Waals surface area contributed by atoms with Crippen LogP contribution in [0.4, 0.5) is 4.39 Å². The van der Waals surface area contributed by atoms with Gasteiger partial charge in [-0.3, -0.25) is 0 Å². The monoisotopic (exact) mass is 211 g/mol. The molecule has 0 radical (unpaired) electrons. The molecule has 1 atom stereocenters.